The molecule has 0 spiro atoms. The molecular formula is C18H29NO4S2. The molecule has 0 aliphatic carbocycles. The number of rotatable bonds is 4. The van der Waals surface area contributed by atoms with Crippen LogP contribution in [0.5, 0.6) is 0 Å². The van der Waals surface area contributed by atoms with Crippen LogP contribution in [0.1, 0.15) is 66.3 Å². The quantitative estimate of drug-likeness (QED) is 0.795. The first kappa shape index (κ1) is 20.6. The smallest absolute Gasteiger partial charge is 0.342 e. The van der Waals surface area contributed by atoms with Gasteiger partial charge in [0.05, 0.1) is 21.8 Å². The summed E-state index contributed by atoms with van der Waals surface area (Å²) in [6, 6.07) is 3.25. The van der Waals surface area contributed by atoms with E-state index < -0.39 is 44.5 Å². The second-order valence-corrected chi connectivity index (χ2v) is 11.7. The van der Waals surface area contributed by atoms with Gasteiger partial charge in [-0.2, -0.15) is 0 Å². The first-order valence-electron chi connectivity index (χ1n) is 8.36. The largest absolute Gasteiger partial charge is 0.431 e. The number of thiophene rings is 1. The fraction of sp³-hybridized carbons (Fsp3) is 0.722. The van der Waals surface area contributed by atoms with Crippen LogP contribution in [-0.4, -0.2) is 26.3 Å². The van der Waals surface area contributed by atoms with E-state index in [1.54, 1.807) is 13.8 Å². The van der Waals surface area contributed by atoms with Gasteiger partial charge in [-0.1, -0.05) is 26.8 Å². The molecule has 4 atom stereocenters. The summed E-state index contributed by atoms with van der Waals surface area (Å²) >= 11 is 1.49. The molecule has 25 heavy (non-hydrogen) atoms. The topological polar surface area (TPSA) is 64.6 Å². The third-order valence-electron chi connectivity index (χ3n) is 4.62. The van der Waals surface area contributed by atoms with E-state index in [4.69, 9.17) is 9.47 Å². The van der Waals surface area contributed by atoms with E-state index in [1.807, 2.05) is 59.1 Å². The average Bonchev–Trinajstić information content (AvgIpc) is 3.02. The van der Waals surface area contributed by atoms with Crippen LogP contribution in [0.3, 0.4) is 0 Å². The number of hydrogen-bond donors (Lipinski definition) is 1. The maximum absolute atomic E-state index is 12.8. The standard InChI is InChI=1S/C18H29NO4S2/c1-15(2,3)18(8)22-14(20)17(7,23-18)13(12-10-9-11-24-12)19-25(21)16(4,5)6/h9-11,13,19H,1-8H3/t13-,17+,18+,25?/m0/s1. The van der Waals surface area contributed by atoms with Crippen molar-refractivity contribution >= 4 is 28.3 Å². The molecule has 2 rings (SSSR count). The van der Waals surface area contributed by atoms with Crippen LogP contribution in [0.4, 0.5) is 0 Å². The first-order valence-corrected chi connectivity index (χ1v) is 10.4. The lowest BCUT2D eigenvalue weighted by Crippen LogP contribution is -2.51. The maximum Gasteiger partial charge on any atom is 0.342 e. The molecule has 1 N–H and O–H groups in total. The van der Waals surface area contributed by atoms with Crippen molar-refractivity contribution in [3.63, 3.8) is 0 Å². The Kier molecular flexibility index (Phi) is 5.30. The summed E-state index contributed by atoms with van der Waals surface area (Å²) in [5, 5.41) is 1.93. The zero-order chi connectivity index (χ0) is 19.3. The van der Waals surface area contributed by atoms with Gasteiger partial charge in [0.2, 0.25) is 5.79 Å². The number of esters is 1. The van der Waals surface area contributed by atoms with Gasteiger partial charge in [0, 0.05) is 17.2 Å². The van der Waals surface area contributed by atoms with Crippen LogP contribution in [0.15, 0.2) is 17.5 Å². The Morgan fingerprint density at radius 1 is 1.20 bits per heavy atom. The van der Waals surface area contributed by atoms with Crippen molar-refractivity contribution in [2.24, 2.45) is 5.41 Å². The van der Waals surface area contributed by atoms with E-state index >= 15 is 0 Å². The summed E-state index contributed by atoms with van der Waals surface area (Å²) in [7, 11) is -1.37. The molecular weight excluding hydrogens is 358 g/mol. The third-order valence-corrected chi connectivity index (χ3v) is 7.12. The summed E-state index contributed by atoms with van der Waals surface area (Å²) in [5.41, 5.74) is -1.67. The minimum Gasteiger partial charge on any atom is -0.431 e. The highest BCUT2D eigenvalue weighted by atomic mass is 32.2. The van der Waals surface area contributed by atoms with Gasteiger partial charge in [-0.05, 0) is 39.1 Å². The molecule has 1 aliphatic heterocycles. The molecule has 5 nitrogen and oxygen atoms in total. The predicted octanol–water partition coefficient (Wildman–Crippen LogP) is 3.94. The lowest BCUT2D eigenvalue weighted by atomic mass is 9.86. The highest BCUT2D eigenvalue weighted by Crippen LogP contribution is 2.48. The minimum absolute atomic E-state index is 0.399. The SMILES string of the molecule is CC(C)(C)S(=O)N[C@@H](c1cccs1)[C@@]1(C)O[C@](C)(C(C)(C)C)OC1=O. The minimum atomic E-state index is -1.37. The summed E-state index contributed by atoms with van der Waals surface area (Å²) in [6.45, 7) is 15.0. The van der Waals surface area contributed by atoms with E-state index in [0.717, 1.165) is 4.88 Å². The molecule has 0 amide bonds. The van der Waals surface area contributed by atoms with Gasteiger partial charge < -0.3 is 9.47 Å². The molecule has 1 unspecified atom stereocenters. The summed E-state index contributed by atoms with van der Waals surface area (Å²) in [5.74, 6) is -1.50. The van der Waals surface area contributed by atoms with Crippen LogP contribution < -0.4 is 4.72 Å². The fourth-order valence-electron chi connectivity index (χ4n) is 2.41. The third kappa shape index (κ3) is 3.84. The number of ether oxygens (including phenoxy) is 2. The van der Waals surface area contributed by atoms with E-state index in [9.17, 15) is 9.00 Å². The molecule has 7 heteroatoms. The summed E-state index contributed by atoms with van der Waals surface area (Å²) in [6.07, 6.45) is 0. The van der Waals surface area contributed by atoms with Crippen LogP contribution >= 0.6 is 11.3 Å². The Morgan fingerprint density at radius 3 is 2.20 bits per heavy atom. The predicted molar refractivity (Wildman–Crippen MR) is 102 cm³/mol. The van der Waals surface area contributed by atoms with E-state index in [-0.39, 0.29) is 0 Å². The molecule has 0 bridgehead atoms. The van der Waals surface area contributed by atoms with Gasteiger partial charge in [0.25, 0.3) is 0 Å². The second-order valence-electron chi connectivity index (χ2n) is 8.74. The number of carbonyl (C=O) groups excluding carboxylic acids is 1. The fourth-order valence-corrected chi connectivity index (χ4v) is 4.29. The van der Waals surface area contributed by atoms with Gasteiger partial charge in [-0.3, -0.25) is 0 Å². The van der Waals surface area contributed by atoms with Crippen molar-refractivity contribution < 1.29 is 18.5 Å². The molecule has 1 aromatic heterocycles. The van der Waals surface area contributed by atoms with Crippen molar-refractivity contribution in [2.45, 2.75) is 77.6 Å². The molecule has 1 saturated heterocycles. The molecule has 1 aromatic rings. The molecule has 142 valence electrons. The molecule has 0 aromatic carbocycles. The lowest BCUT2D eigenvalue weighted by Gasteiger charge is -2.38. The number of cyclic esters (lactones) is 1. The molecule has 0 radical (unpaired) electrons. The number of nitrogens with one attached hydrogen (secondary N) is 1. The lowest BCUT2D eigenvalue weighted by molar-refractivity contribution is -0.233. The molecule has 1 fully saturated rings. The Morgan fingerprint density at radius 2 is 1.80 bits per heavy atom. The van der Waals surface area contributed by atoms with Crippen LogP contribution in [0.2, 0.25) is 0 Å². The highest BCUT2D eigenvalue weighted by molar-refractivity contribution is 7.84. The Bertz CT molecular complexity index is 660. The van der Waals surface area contributed by atoms with Crippen molar-refractivity contribution in [3.8, 4) is 0 Å². The number of carbonyl (C=O) groups is 1. The van der Waals surface area contributed by atoms with Gasteiger partial charge >= 0.3 is 5.97 Å². The monoisotopic (exact) mass is 387 g/mol. The van der Waals surface area contributed by atoms with Crippen molar-refractivity contribution in [2.75, 3.05) is 0 Å². The van der Waals surface area contributed by atoms with Gasteiger partial charge in [0.1, 0.15) is 0 Å². The first-order chi connectivity index (χ1) is 11.2. The summed E-state index contributed by atoms with van der Waals surface area (Å²) < 4.78 is 27.3. The van der Waals surface area contributed by atoms with Gasteiger partial charge in [-0.25, -0.2) is 13.7 Å². The molecule has 0 saturated carbocycles. The van der Waals surface area contributed by atoms with Gasteiger partial charge in [0.15, 0.2) is 5.60 Å². The number of hydrogen-bond acceptors (Lipinski definition) is 5. The molecule has 2 heterocycles. The zero-order valence-electron chi connectivity index (χ0n) is 16.3. The second kappa shape index (κ2) is 6.44. The van der Waals surface area contributed by atoms with Crippen LogP contribution in [-0.2, 0) is 25.3 Å². The van der Waals surface area contributed by atoms with E-state index in [0.29, 0.717) is 0 Å². The maximum atomic E-state index is 12.8. The van der Waals surface area contributed by atoms with Crippen molar-refractivity contribution in [3.05, 3.63) is 22.4 Å². The summed E-state index contributed by atoms with van der Waals surface area (Å²) in [4.78, 5) is 13.7. The Hall–Kier alpha value is -0.760. The van der Waals surface area contributed by atoms with E-state index in [1.165, 1.54) is 11.3 Å². The Balaban J connectivity index is 2.44. The van der Waals surface area contributed by atoms with E-state index in [2.05, 4.69) is 4.72 Å². The average molecular weight is 388 g/mol. The van der Waals surface area contributed by atoms with Crippen LogP contribution in [0, 0.1) is 5.41 Å². The highest BCUT2D eigenvalue weighted by Gasteiger charge is 2.62. The van der Waals surface area contributed by atoms with Crippen molar-refractivity contribution in [1.82, 2.24) is 4.72 Å². The molecule has 1 aliphatic rings. The normalized spacial score (nSPS) is 30.2. The van der Waals surface area contributed by atoms with Crippen molar-refractivity contribution in [1.29, 1.82) is 0 Å². The Labute approximate surface area is 157 Å². The zero-order valence-corrected chi connectivity index (χ0v) is 17.9. The van der Waals surface area contributed by atoms with Crippen LogP contribution in [0.25, 0.3) is 0 Å². The van der Waals surface area contributed by atoms with Gasteiger partial charge in [-0.15, -0.1) is 11.3 Å².